The minimum Gasteiger partial charge on any atom is -0.374 e. The summed E-state index contributed by atoms with van der Waals surface area (Å²) in [4.78, 5) is 0. The molecule has 0 spiro atoms. The van der Waals surface area contributed by atoms with Crippen LogP contribution >= 0.6 is 41.2 Å². The van der Waals surface area contributed by atoms with Crippen LogP contribution in [0.4, 0.5) is 0 Å². The van der Waals surface area contributed by atoms with Gasteiger partial charge in [0.25, 0.3) is 0 Å². The predicted octanol–water partition coefficient (Wildman–Crippen LogP) is 4.98. The molecule has 1 unspecified atom stereocenters. The molecule has 0 saturated carbocycles. The second-order valence-corrected chi connectivity index (χ2v) is 16.1. The van der Waals surface area contributed by atoms with Gasteiger partial charge in [0.15, 0.2) is 0 Å². The van der Waals surface area contributed by atoms with Crippen LogP contribution in [0.1, 0.15) is 40.5 Å². The zero-order chi connectivity index (χ0) is 15.5. The van der Waals surface area contributed by atoms with Gasteiger partial charge in [-0.25, -0.2) is 0 Å². The molecule has 124 valence electrons. The van der Waals surface area contributed by atoms with Crippen molar-refractivity contribution in [1.82, 2.24) is 0 Å². The van der Waals surface area contributed by atoms with E-state index in [1.807, 2.05) is 20.8 Å². The number of hydrogen-bond acceptors (Lipinski definition) is 6. The van der Waals surface area contributed by atoms with Crippen LogP contribution in [0.25, 0.3) is 0 Å². The van der Waals surface area contributed by atoms with Gasteiger partial charge in [0.2, 0.25) is 0 Å². The lowest BCUT2D eigenvalue weighted by Crippen LogP contribution is -2.46. The number of thiol groups is 2. The van der Waals surface area contributed by atoms with Crippen molar-refractivity contribution >= 4 is 50.0 Å². The molecule has 8 heteroatoms. The Morgan fingerprint density at radius 1 is 0.950 bits per heavy atom. The zero-order valence-electron chi connectivity index (χ0n) is 13.1. The Hall–Kier alpha value is 1.50. The summed E-state index contributed by atoms with van der Waals surface area (Å²) in [6.45, 7) is 10.1. The second kappa shape index (κ2) is 12.0. The van der Waals surface area contributed by atoms with E-state index in [0.717, 1.165) is 30.4 Å². The van der Waals surface area contributed by atoms with Crippen LogP contribution in [0.2, 0.25) is 6.04 Å². The van der Waals surface area contributed by atoms with Crippen molar-refractivity contribution in [3.8, 4) is 0 Å². The molecule has 0 aromatic heterocycles. The fourth-order valence-electron chi connectivity index (χ4n) is 2.01. The summed E-state index contributed by atoms with van der Waals surface area (Å²) in [5.74, 6) is 2.21. The number of hydrogen-bond donors (Lipinski definition) is 2. The summed E-state index contributed by atoms with van der Waals surface area (Å²) in [6, 6.07) is 0.871. The van der Waals surface area contributed by atoms with Crippen LogP contribution in [0.5, 0.6) is 0 Å². The molecule has 0 rings (SSSR count). The van der Waals surface area contributed by atoms with Crippen LogP contribution < -0.4 is 0 Å². The minimum absolute atomic E-state index is 0.640. The maximum absolute atomic E-state index is 5.87. The van der Waals surface area contributed by atoms with E-state index in [1.165, 1.54) is 0 Å². The summed E-state index contributed by atoms with van der Waals surface area (Å²) in [5, 5.41) is 0. The monoisotopic (exact) mass is 378 g/mol. The van der Waals surface area contributed by atoms with Crippen molar-refractivity contribution in [3.63, 3.8) is 0 Å². The molecule has 1 atom stereocenters. The first-order chi connectivity index (χ1) is 9.51. The first kappa shape index (κ1) is 21.5. The molecule has 0 fully saturated rings. The molecular formula is C12H30O3S4Si. The summed E-state index contributed by atoms with van der Waals surface area (Å²) in [7, 11) is -1.83. The average Bonchev–Trinajstić information content (AvgIpc) is 2.40. The first-order valence-electron chi connectivity index (χ1n) is 7.27. The molecule has 0 saturated heterocycles. The van der Waals surface area contributed by atoms with E-state index in [1.54, 1.807) is 9.83 Å². The molecule has 0 N–H and O–H groups in total. The van der Waals surface area contributed by atoms with Crippen LogP contribution in [0, 0.1) is 0 Å². The summed E-state index contributed by atoms with van der Waals surface area (Å²) in [6.07, 6.45) is 2.18. The quantitative estimate of drug-likeness (QED) is 0.269. The number of rotatable bonds is 13. The molecular weight excluding hydrogens is 348 g/mol. The molecule has 0 aliphatic carbocycles. The molecule has 3 nitrogen and oxygen atoms in total. The normalized spacial score (nSPS) is 16.9. The zero-order valence-corrected chi connectivity index (χ0v) is 17.5. The Bertz CT molecular complexity index is 232. The molecule has 0 amide bonds. The third-order valence-electron chi connectivity index (χ3n) is 2.70. The molecule has 0 radical (unpaired) electrons. The molecule has 0 aromatic carbocycles. The Labute approximate surface area is 141 Å². The van der Waals surface area contributed by atoms with Gasteiger partial charge in [-0.1, -0.05) is 6.92 Å². The van der Waals surface area contributed by atoms with Crippen LogP contribution in [0.3, 0.4) is 0 Å². The molecule has 0 heterocycles. The lowest BCUT2D eigenvalue weighted by atomic mass is 10.6. The minimum atomic E-state index is -2.49. The maximum Gasteiger partial charge on any atom is 0.500 e. The lowest BCUT2D eigenvalue weighted by Gasteiger charge is -2.33. The van der Waals surface area contributed by atoms with Crippen LogP contribution in [-0.4, -0.2) is 40.1 Å². The van der Waals surface area contributed by atoms with Crippen LogP contribution in [-0.2, 0) is 13.3 Å². The maximum atomic E-state index is 5.87. The second-order valence-electron chi connectivity index (χ2n) is 4.34. The van der Waals surface area contributed by atoms with Gasteiger partial charge < -0.3 is 13.3 Å². The molecule has 0 aliphatic rings. The van der Waals surface area contributed by atoms with E-state index in [0.29, 0.717) is 19.8 Å². The van der Waals surface area contributed by atoms with Gasteiger partial charge in [-0.05, 0) is 54.9 Å². The third-order valence-corrected chi connectivity index (χ3v) is 15.3. The smallest absolute Gasteiger partial charge is 0.374 e. The summed E-state index contributed by atoms with van der Waals surface area (Å²) in [5.41, 5.74) is 0. The van der Waals surface area contributed by atoms with E-state index < -0.39 is 16.9 Å². The topological polar surface area (TPSA) is 27.7 Å². The predicted molar refractivity (Wildman–Crippen MR) is 103 cm³/mol. The van der Waals surface area contributed by atoms with Crippen molar-refractivity contribution in [2.45, 2.75) is 46.6 Å². The average molecular weight is 379 g/mol. The van der Waals surface area contributed by atoms with Gasteiger partial charge in [0.05, 0.1) is 0 Å². The van der Waals surface area contributed by atoms with Crippen molar-refractivity contribution in [3.05, 3.63) is 0 Å². The van der Waals surface area contributed by atoms with Gasteiger partial charge in [-0.2, -0.15) is 0 Å². The van der Waals surface area contributed by atoms with Crippen molar-refractivity contribution in [1.29, 1.82) is 0 Å². The Morgan fingerprint density at radius 2 is 1.45 bits per heavy atom. The highest BCUT2D eigenvalue weighted by Crippen LogP contribution is 2.66. The van der Waals surface area contributed by atoms with E-state index in [2.05, 4.69) is 18.6 Å². The highest BCUT2D eigenvalue weighted by atomic mass is 33.7. The van der Waals surface area contributed by atoms with Crippen molar-refractivity contribution in [2.75, 3.05) is 31.3 Å². The van der Waals surface area contributed by atoms with Gasteiger partial charge >= 0.3 is 8.80 Å². The van der Waals surface area contributed by atoms with Gasteiger partial charge in [0, 0.05) is 25.9 Å². The molecule has 0 aliphatic heterocycles. The van der Waals surface area contributed by atoms with Gasteiger partial charge in [-0.15, -0.1) is 31.4 Å². The fraction of sp³-hybridized carbons (Fsp3) is 1.00. The highest BCUT2D eigenvalue weighted by molar-refractivity contribution is 9.33. The van der Waals surface area contributed by atoms with E-state index >= 15 is 0 Å². The van der Waals surface area contributed by atoms with E-state index in [4.69, 9.17) is 24.9 Å². The van der Waals surface area contributed by atoms with Gasteiger partial charge in [-0.3, -0.25) is 0 Å². The van der Waals surface area contributed by atoms with Crippen molar-refractivity contribution < 1.29 is 13.3 Å². The van der Waals surface area contributed by atoms with Crippen LogP contribution in [0.15, 0.2) is 0 Å². The third kappa shape index (κ3) is 8.21. The standard InChI is InChI=1S/C12H30O3S4Si/c1-5-10-19(17,18-16)11-9-12-20(13-6-2,14-7-3)15-8-4/h16-17H,5-12H2,1-4H3. The summed E-state index contributed by atoms with van der Waals surface area (Å²) >= 11 is 9.25. The van der Waals surface area contributed by atoms with Gasteiger partial charge in [0.1, 0.15) is 0 Å². The largest absolute Gasteiger partial charge is 0.500 e. The van der Waals surface area contributed by atoms with E-state index in [9.17, 15) is 0 Å². The van der Waals surface area contributed by atoms with Crippen molar-refractivity contribution in [2.24, 2.45) is 0 Å². The Balaban J connectivity index is 4.50. The Kier molecular flexibility index (Phi) is 12.9. The lowest BCUT2D eigenvalue weighted by molar-refractivity contribution is 0.0712. The fourth-order valence-corrected chi connectivity index (χ4v) is 10.0. The first-order valence-corrected chi connectivity index (χ1v) is 14.6. The van der Waals surface area contributed by atoms with E-state index in [-0.39, 0.29) is 0 Å². The summed E-state index contributed by atoms with van der Waals surface area (Å²) < 4.78 is 17.6. The molecule has 20 heavy (non-hydrogen) atoms. The molecule has 0 aromatic rings. The SMILES string of the molecule is CCCS(S)(CCC[Si](OCC)(OCC)OCC)SS. The Morgan fingerprint density at radius 3 is 1.80 bits per heavy atom. The molecule has 0 bridgehead atoms. The highest BCUT2D eigenvalue weighted by Gasteiger charge is 2.40.